The van der Waals surface area contributed by atoms with Crippen LogP contribution in [0.5, 0.6) is 0 Å². The Morgan fingerprint density at radius 3 is 2.53 bits per heavy atom. The number of hydrogen-bond acceptors (Lipinski definition) is 2. The van der Waals surface area contributed by atoms with Gasteiger partial charge in [-0.3, -0.25) is 4.90 Å². The van der Waals surface area contributed by atoms with Crippen molar-refractivity contribution >= 4 is 0 Å². The molecule has 0 spiro atoms. The highest BCUT2D eigenvalue weighted by Crippen LogP contribution is 2.47. The summed E-state index contributed by atoms with van der Waals surface area (Å²) in [7, 11) is 0. The fourth-order valence-electron chi connectivity index (χ4n) is 3.97. The van der Waals surface area contributed by atoms with Gasteiger partial charge in [-0.25, -0.2) is 0 Å². The second-order valence-corrected chi connectivity index (χ2v) is 5.88. The zero-order valence-electron chi connectivity index (χ0n) is 9.75. The Hall–Kier alpha value is -0.0800. The van der Waals surface area contributed by atoms with Gasteiger partial charge in [-0.1, -0.05) is 12.8 Å². The van der Waals surface area contributed by atoms with Crippen LogP contribution in [0, 0.1) is 5.92 Å². The van der Waals surface area contributed by atoms with Gasteiger partial charge in [0.2, 0.25) is 0 Å². The van der Waals surface area contributed by atoms with Crippen molar-refractivity contribution in [3.8, 4) is 0 Å². The summed E-state index contributed by atoms with van der Waals surface area (Å²) in [6.45, 7) is 2.23. The lowest BCUT2D eigenvalue weighted by atomic mass is 9.77. The molecule has 2 N–H and O–H groups in total. The summed E-state index contributed by atoms with van der Waals surface area (Å²) in [6, 6.07) is 0.901. The third kappa shape index (κ3) is 1.62. The molecule has 1 heterocycles. The molecule has 86 valence electrons. The van der Waals surface area contributed by atoms with Gasteiger partial charge in [0.25, 0.3) is 0 Å². The molecule has 3 fully saturated rings. The molecule has 2 unspecified atom stereocenters. The maximum atomic E-state index is 5.98. The number of hydrogen-bond donors (Lipinski definition) is 1. The number of rotatable bonds is 2. The molecule has 0 bridgehead atoms. The third-order valence-corrected chi connectivity index (χ3v) is 5.06. The first-order chi connectivity index (χ1) is 7.36. The van der Waals surface area contributed by atoms with Gasteiger partial charge < -0.3 is 5.73 Å². The fourth-order valence-corrected chi connectivity index (χ4v) is 3.97. The SMILES string of the molecule is NCC1(N2CCCC3CCCCC32)CC1. The van der Waals surface area contributed by atoms with Gasteiger partial charge in [-0.2, -0.15) is 0 Å². The van der Waals surface area contributed by atoms with E-state index < -0.39 is 0 Å². The summed E-state index contributed by atoms with van der Waals surface area (Å²) in [5, 5.41) is 0. The van der Waals surface area contributed by atoms with Crippen molar-refractivity contribution in [3.05, 3.63) is 0 Å². The molecule has 3 rings (SSSR count). The zero-order valence-corrected chi connectivity index (χ0v) is 9.75. The van der Waals surface area contributed by atoms with E-state index in [0.29, 0.717) is 5.54 Å². The van der Waals surface area contributed by atoms with Crippen LogP contribution in [0.4, 0.5) is 0 Å². The van der Waals surface area contributed by atoms with E-state index in [9.17, 15) is 0 Å². The largest absolute Gasteiger partial charge is 0.329 e. The highest BCUT2D eigenvalue weighted by molar-refractivity contribution is 5.08. The van der Waals surface area contributed by atoms with Crippen molar-refractivity contribution in [2.75, 3.05) is 13.1 Å². The molecule has 1 saturated heterocycles. The Labute approximate surface area is 93.2 Å². The van der Waals surface area contributed by atoms with Crippen LogP contribution in [0.15, 0.2) is 0 Å². The third-order valence-electron chi connectivity index (χ3n) is 5.06. The summed E-state index contributed by atoms with van der Waals surface area (Å²) >= 11 is 0. The van der Waals surface area contributed by atoms with Gasteiger partial charge in [0, 0.05) is 18.1 Å². The molecule has 2 saturated carbocycles. The van der Waals surface area contributed by atoms with E-state index in [2.05, 4.69) is 4.90 Å². The molecule has 2 nitrogen and oxygen atoms in total. The molecule has 0 amide bonds. The number of piperidine rings is 1. The van der Waals surface area contributed by atoms with Crippen LogP contribution in [0.25, 0.3) is 0 Å². The van der Waals surface area contributed by atoms with Gasteiger partial charge in [0.05, 0.1) is 0 Å². The molecular formula is C13H24N2. The normalized spacial score (nSPS) is 39.8. The molecule has 3 aliphatic rings. The average molecular weight is 208 g/mol. The Morgan fingerprint density at radius 2 is 1.80 bits per heavy atom. The van der Waals surface area contributed by atoms with Crippen molar-refractivity contribution < 1.29 is 0 Å². The van der Waals surface area contributed by atoms with Crippen LogP contribution >= 0.6 is 0 Å². The first-order valence-electron chi connectivity index (χ1n) is 6.83. The number of fused-ring (bicyclic) bond motifs is 1. The molecule has 0 radical (unpaired) electrons. The van der Waals surface area contributed by atoms with E-state index in [1.165, 1.54) is 57.9 Å². The number of nitrogens with zero attached hydrogens (tertiary/aromatic N) is 1. The summed E-state index contributed by atoms with van der Waals surface area (Å²) in [4.78, 5) is 2.82. The summed E-state index contributed by atoms with van der Waals surface area (Å²) in [5.74, 6) is 1.01. The van der Waals surface area contributed by atoms with Crippen LogP contribution in [-0.2, 0) is 0 Å². The lowest BCUT2D eigenvalue weighted by Crippen LogP contribution is -2.55. The van der Waals surface area contributed by atoms with E-state index in [-0.39, 0.29) is 0 Å². The molecule has 0 aromatic heterocycles. The van der Waals surface area contributed by atoms with Crippen LogP contribution in [0.1, 0.15) is 51.4 Å². The number of nitrogens with two attached hydrogens (primary N) is 1. The van der Waals surface area contributed by atoms with Gasteiger partial charge in [0.15, 0.2) is 0 Å². The first-order valence-corrected chi connectivity index (χ1v) is 6.83. The predicted molar refractivity (Wildman–Crippen MR) is 62.7 cm³/mol. The van der Waals surface area contributed by atoms with Gasteiger partial charge >= 0.3 is 0 Å². The minimum absolute atomic E-state index is 0.459. The molecule has 2 aliphatic carbocycles. The molecule has 1 aliphatic heterocycles. The molecule has 0 aromatic rings. The van der Waals surface area contributed by atoms with Crippen LogP contribution < -0.4 is 5.73 Å². The van der Waals surface area contributed by atoms with Crippen molar-refractivity contribution in [1.82, 2.24) is 4.90 Å². The molecule has 2 heteroatoms. The van der Waals surface area contributed by atoms with E-state index in [0.717, 1.165) is 18.5 Å². The number of likely N-dealkylation sites (tertiary alicyclic amines) is 1. The molecular weight excluding hydrogens is 184 g/mol. The van der Waals surface area contributed by atoms with Gasteiger partial charge in [-0.15, -0.1) is 0 Å². The Kier molecular flexibility index (Phi) is 2.52. The van der Waals surface area contributed by atoms with E-state index >= 15 is 0 Å². The van der Waals surface area contributed by atoms with Crippen LogP contribution in [0.3, 0.4) is 0 Å². The lowest BCUT2D eigenvalue weighted by molar-refractivity contribution is 0.0180. The summed E-state index contributed by atoms with van der Waals surface area (Å²) in [6.07, 6.45) is 11.5. The lowest BCUT2D eigenvalue weighted by Gasteiger charge is -2.48. The molecule has 0 aromatic carbocycles. The van der Waals surface area contributed by atoms with Gasteiger partial charge in [0.1, 0.15) is 0 Å². The monoisotopic (exact) mass is 208 g/mol. The second-order valence-electron chi connectivity index (χ2n) is 5.88. The summed E-state index contributed by atoms with van der Waals surface area (Å²) in [5.41, 5.74) is 6.44. The minimum atomic E-state index is 0.459. The Balaban J connectivity index is 1.76. The van der Waals surface area contributed by atoms with E-state index in [4.69, 9.17) is 5.73 Å². The predicted octanol–water partition coefficient (Wildman–Crippen LogP) is 2.13. The topological polar surface area (TPSA) is 29.3 Å². The van der Waals surface area contributed by atoms with Crippen molar-refractivity contribution in [2.45, 2.75) is 62.9 Å². The Morgan fingerprint density at radius 1 is 1.07 bits per heavy atom. The van der Waals surface area contributed by atoms with Crippen molar-refractivity contribution in [1.29, 1.82) is 0 Å². The second kappa shape index (κ2) is 3.74. The van der Waals surface area contributed by atoms with E-state index in [1.807, 2.05) is 0 Å². The van der Waals surface area contributed by atoms with Crippen LogP contribution in [0.2, 0.25) is 0 Å². The smallest absolute Gasteiger partial charge is 0.0336 e. The Bertz CT molecular complexity index is 233. The van der Waals surface area contributed by atoms with E-state index in [1.54, 1.807) is 0 Å². The highest BCUT2D eigenvalue weighted by Gasteiger charge is 2.51. The summed E-state index contributed by atoms with van der Waals surface area (Å²) < 4.78 is 0. The zero-order chi connectivity index (χ0) is 10.3. The minimum Gasteiger partial charge on any atom is -0.329 e. The van der Waals surface area contributed by atoms with Crippen molar-refractivity contribution in [2.24, 2.45) is 11.7 Å². The average Bonchev–Trinajstić information content (AvgIpc) is 3.09. The molecule has 2 atom stereocenters. The standard InChI is InChI=1S/C13H24N2/c14-10-13(7-8-13)15-9-3-5-11-4-1-2-6-12(11)15/h11-12H,1-10,14H2. The van der Waals surface area contributed by atoms with Crippen LogP contribution in [-0.4, -0.2) is 29.6 Å². The first kappa shape index (κ1) is 10.1. The molecule has 15 heavy (non-hydrogen) atoms. The maximum absolute atomic E-state index is 5.98. The van der Waals surface area contributed by atoms with Gasteiger partial charge in [-0.05, 0) is 51.0 Å². The van der Waals surface area contributed by atoms with Crippen molar-refractivity contribution in [3.63, 3.8) is 0 Å². The quantitative estimate of drug-likeness (QED) is 0.753. The highest BCUT2D eigenvalue weighted by atomic mass is 15.3. The maximum Gasteiger partial charge on any atom is 0.0336 e. The fraction of sp³-hybridized carbons (Fsp3) is 1.00.